The number of hydrogen-bond donors (Lipinski definition) is 0. The lowest BCUT2D eigenvalue weighted by atomic mass is 10.2. The number of carbonyl (C=O) groups is 2. The van der Waals surface area contributed by atoms with Gasteiger partial charge in [-0.15, -0.1) is 0 Å². The number of aromatic nitrogens is 3. The molecule has 0 saturated carbocycles. The second kappa shape index (κ2) is 9.22. The van der Waals surface area contributed by atoms with Crippen molar-refractivity contribution in [2.45, 2.75) is 13.5 Å². The summed E-state index contributed by atoms with van der Waals surface area (Å²) in [5, 5.41) is 0.175. The van der Waals surface area contributed by atoms with E-state index < -0.39 is 11.9 Å². The Kier molecular flexibility index (Phi) is 5.80. The fourth-order valence-electron chi connectivity index (χ4n) is 3.81. The molecule has 4 heterocycles. The molecule has 9 nitrogen and oxygen atoms in total. The van der Waals surface area contributed by atoms with Crippen molar-refractivity contribution in [3.8, 4) is 0 Å². The summed E-state index contributed by atoms with van der Waals surface area (Å²) < 4.78 is 13.7. The van der Waals surface area contributed by atoms with Gasteiger partial charge in [0.15, 0.2) is 5.49 Å². The third kappa shape index (κ3) is 4.15. The zero-order valence-corrected chi connectivity index (χ0v) is 18.7. The van der Waals surface area contributed by atoms with Gasteiger partial charge in [0, 0.05) is 11.8 Å². The fourth-order valence-corrected chi connectivity index (χ4v) is 3.81. The fraction of sp³-hybridized carbons (Fsp3) is 0.115. The summed E-state index contributed by atoms with van der Waals surface area (Å²) in [7, 11) is 0. The van der Waals surface area contributed by atoms with Crippen LogP contribution in [0, 0.1) is 0 Å². The van der Waals surface area contributed by atoms with Crippen LogP contribution in [0.25, 0.3) is 16.7 Å². The number of rotatable bonds is 5. The van der Waals surface area contributed by atoms with Crippen molar-refractivity contribution in [3.63, 3.8) is 0 Å². The van der Waals surface area contributed by atoms with E-state index in [1.54, 1.807) is 73.8 Å². The monoisotopic (exact) mass is 468 g/mol. The van der Waals surface area contributed by atoms with E-state index in [4.69, 9.17) is 9.15 Å². The molecular formula is C26H20N4O5. The quantitative estimate of drug-likeness (QED) is 0.290. The Morgan fingerprint density at radius 3 is 2.60 bits per heavy atom. The minimum absolute atomic E-state index is 0.0217. The van der Waals surface area contributed by atoms with Crippen molar-refractivity contribution in [1.82, 2.24) is 14.0 Å². The van der Waals surface area contributed by atoms with Crippen LogP contribution in [0.1, 0.15) is 33.4 Å². The first-order valence-electron chi connectivity index (χ1n) is 11.0. The molecule has 0 aliphatic carbocycles. The van der Waals surface area contributed by atoms with Crippen LogP contribution in [0.3, 0.4) is 0 Å². The Balaban J connectivity index is 1.90. The number of esters is 1. The first-order valence-corrected chi connectivity index (χ1v) is 11.0. The summed E-state index contributed by atoms with van der Waals surface area (Å²) in [5.74, 6) is -0.739. The number of carbonyl (C=O) groups excluding carboxylic acids is 2. The molecule has 35 heavy (non-hydrogen) atoms. The molecule has 0 aliphatic heterocycles. The molecule has 4 aromatic heterocycles. The highest BCUT2D eigenvalue weighted by molar-refractivity contribution is 5.97. The van der Waals surface area contributed by atoms with Gasteiger partial charge in [-0.05, 0) is 49.4 Å². The first kappa shape index (κ1) is 22.0. The van der Waals surface area contributed by atoms with E-state index in [1.807, 2.05) is 0 Å². The number of benzene rings is 1. The lowest BCUT2D eigenvalue weighted by Crippen LogP contribution is -2.33. The maximum absolute atomic E-state index is 13.4. The Morgan fingerprint density at radius 1 is 1.06 bits per heavy atom. The van der Waals surface area contributed by atoms with E-state index >= 15 is 0 Å². The highest BCUT2D eigenvalue weighted by Gasteiger charge is 2.21. The van der Waals surface area contributed by atoms with Crippen molar-refractivity contribution in [1.29, 1.82) is 0 Å². The van der Waals surface area contributed by atoms with E-state index in [1.165, 1.54) is 21.3 Å². The summed E-state index contributed by atoms with van der Waals surface area (Å²) >= 11 is 0. The molecule has 5 rings (SSSR count). The zero-order chi connectivity index (χ0) is 24.4. The normalized spacial score (nSPS) is 11.7. The van der Waals surface area contributed by atoms with Crippen LogP contribution >= 0.6 is 0 Å². The van der Waals surface area contributed by atoms with E-state index in [2.05, 4.69) is 9.98 Å². The minimum Gasteiger partial charge on any atom is -0.467 e. The maximum Gasteiger partial charge on any atom is 0.341 e. The summed E-state index contributed by atoms with van der Waals surface area (Å²) in [4.78, 5) is 48.4. The molecule has 0 aliphatic rings. The topological polar surface area (TPSA) is 108 Å². The Morgan fingerprint density at radius 2 is 1.86 bits per heavy atom. The lowest BCUT2D eigenvalue weighted by molar-refractivity contribution is 0.0523. The van der Waals surface area contributed by atoms with Crippen LogP contribution in [0.5, 0.6) is 0 Å². The van der Waals surface area contributed by atoms with Crippen LogP contribution < -0.4 is 11.0 Å². The summed E-state index contributed by atoms with van der Waals surface area (Å²) in [6.45, 7) is 1.86. The van der Waals surface area contributed by atoms with Crippen molar-refractivity contribution in [2.24, 2.45) is 4.99 Å². The molecule has 0 fully saturated rings. The minimum atomic E-state index is -0.709. The smallest absolute Gasteiger partial charge is 0.341 e. The molecule has 1 aromatic carbocycles. The standard InChI is InChI=1S/C26H20N4O5/c1-2-34-26(33)20-15-19-22(27-21-12-6-7-13-29(21)25(19)32)30(16-18-11-8-14-35-18)23(20)28-24(31)17-9-4-3-5-10-17/h3-15H,2,16H2,1H3. The predicted octanol–water partition coefficient (Wildman–Crippen LogP) is 3.21. The van der Waals surface area contributed by atoms with Crippen LogP contribution in [-0.4, -0.2) is 32.4 Å². The van der Waals surface area contributed by atoms with Crippen molar-refractivity contribution in [2.75, 3.05) is 6.61 Å². The summed E-state index contributed by atoms with van der Waals surface area (Å²) in [5.41, 5.74) is 0.634. The summed E-state index contributed by atoms with van der Waals surface area (Å²) in [6.07, 6.45) is 3.11. The van der Waals surface area contributed by atoms with Crippen LogP contribution in [0.4, 0.5) is 0 Å². The second-order valence-electron chi connectivity index (χ2n) is 7.63. The van der Waals surface area contributed by atoms with Gasteiger partial charge in [0.05, 0.1) is 24.8 Å². The van der Waals surface area contributed by atoms with Crippen LogP contribution in [-0.2, 0) is 11.3 Å². The molecule has 0 N–H and O–H groups in total. The number of amides is 1. The van der Waals surface area contributed by atoms with Crippen LogP contribution in [0.2, 0.25) is 0 Å². The zero-order valence-electron chi connectivity index (χ0n) is 18.7. The molecule has 5 aromatic rings. The number of hydrogen-bond acceptors (Lipinski definition) is 6. The van der Waals surface area contributed by atoms with E-state index in [9.17, 15) is 14.4 Å². The highest BCUT2D eigenvalue weighted by atomic mass is 16.5. The van der Waals surface area contributed by atoms with Gasteiger partial charge in [0.25, 0.3) is 11.5 Å². The van der Waals surface area contributed by atoms with Crippen molar-refractivity contribution in [3.05, 3.63) is 112 Å². The third-order valence-electron chi connectivity index (χ3n) is 5.41. The van der Waals surface area contributed by atoms with Crippen molar-refractivity contribution >= 4 is 28.6 Å². The van der Waals surface area contributed by atoms with Gasteiger partial charge in [-0.25, -0.2) is 9.78 Å². The number of fused-ring (bicyclic) bond motifs is 2. The number of pyridine rings is 2. The molecule has 0 bridgehead atoms. The Labute approximate surface area is 198 Å². The Bertz CT molecular complexity index is 1680. The predicted molar refractivity (Wildman–Crippen MR) is 127 cm³/mol. The van der Waals surface area contributed by atoms with E-state index in [0.717, 1.165) is 0 Å². The number of nitrogens with zero attached hydrogens (tertiary/aromatic N) is 4. The Hall–Kier alpha value is -4.79. The summed E-state index contributed by atoms with van der Waals surface area (Å²) in [6, 6.07) is 18.5. The van der Waals surface area contributed by atoms with E-state index in [0.29, 0.717) is 17.0 Å². The molecule has 9 heteroatoms. The molecule has 0 unspecified atom stereocenters. The highest BCUT2D eigenvalue weighted by Crippen LogP contribution is 2.14. The van der Waals surface area contributed by atoms with Crippen LogP contribution in [0.15, 0.2) is 93.4 Å². The number of furan rings is 1. The van der Waals surface area contributed by atoms with Gasteiger partial charge >= 0.3 is 5.97 Å². The number of ether oxygens (including phenoxy) is 1. The SMILES string of the molecule is CCOC(=O)c1cc2c(=O)n3ccccc3nc2n(Cc2ccco2)c1=NC(=O)c1ccccc1. The molecule has 0 atom stereocenters. The molecular weight excluding hydrogens is 448 g/mol. The van der Waals surface area contributed by atoms with Gasteiger partial charge in [-0.2, -0.15) is 4.99 Å². The largest absolute Gasteiger partial charge is 0.467 e. The second-order valence-corrected chi connectivity index (χ2v) is 7.63. The van der Waals surface area contributed by atoms with Gasteiger partial charge in [0.1, 0.15) is 22.6 Å². The van der Waals surface area contributed by atoms with Gasteiger partial charge in [-0.1, -0.05) is 24.3 Å². The molecule has 0 spiro atoms. The average Bonchev–Trinajstić information content (AvgIpc) is 3.39. The third-order valence-corrected chi connectivity index (χ3v) is 5.41. The first-order chi connectivity index (χ1) is 17.1. The molecule has 0 radical (unpaired) electrons. The molecule has 1 amide bonds. The average molecular weight is 468 g/mol. The maximum atomic E-state index is 13.4. The van der Waals surface area contributed by atoms with E-state index in [-0.39, 0.29) is 40.8 Å². The van der Waals surface area contributed by atoms with Crippen molar-refractivity contribution < 1.29 is 18.7 Å². The van der Waals surface area contributed by atoms with Gasteiger partial charge < -0.3 is 13.7 Å². The molecule has 174 valence electrons. The van der Waals surface area contributed by atoms with Gasteiger partial charge in [-0.3, -0.25) is 14.0 Å². The lowest BCUT2D eigenvalue weighted by Gasteiger charge is -2.14. The molecule has 0 saturated heterocycles. The van der Waals surface area contributed by atoms with Gasteiger partial charge in [0.2, 0.25) is 0 Å².